The minimum Gasteiger partial charge on any atom is -0.390 e. The van der Waals surface area contributed by atoms with Crippen molar-refractivity contribution in [3.63, 3.8) is 0 Å². The van der Waals surface area contributed by atoms with Crippen LogP contribution in [0.1, 0.15) is 0 Å². The SMILES string of the molecule is Cl.NC[C@@H]1COC[C@H]1O. The Kier molecular flexibility index (Phi) is 4.14. The summed E-state index contributed by atoms with van der Waals surface area (Å²) in [4.78, 5) is 0. The van der Waals surface area contributed by atoms with Gasteiger partial charge in [0.25, 0.3) is 0 Å². The van der Waals surface area contributed by atoms with Crippen LogP contribution in [0.3, 0.4) is 0 Å². The molecule has 3 nitrogen and oxygen atoms in total. The van der Waals surface area contributed by atoms with E-state index >= 15 is 0 Å². The van der Waals surface area contributed by atoms with Crippen LogP contribution in [0.2, 0.25) is 0 Å². The third-order valence-corrected chi connectivity index (χ3v) is 1.47. The second kappa shape index (κ2) is 4.06. The van der Waals surface area contributed by atoms with Crippen LogP contribution in [-0.2, 0) is 4.74 Å². The zero-order valence-electron chi connectivity index (χ0n) is 5.12. The van der Waals surface area contributed by atoms with Gasteiger partial charge in [-0.2, -0.15) is 0 Å². The molecule has 3 N–H and O–H groups in total. The first kappa shape index (κ1) is 9.17. The van der Waals surface area contributed by atoms with Crippen LogP contribution in [0.5, 0.6) is 0 Å². The molecule has 0 aromatic carbocycles. The Bertz CT molecular complexity index is 81.4. The highest BCUT2D eigenvalue weighted by Crippen LogP contribution is 2.10. The van der Waals surface area contributed by atoms with Crippen molar-refractivity contribution < 1.29 is 9.84 Å². The number of rotatable bonds is 1. The summed E-state index contributed by atoms with van der Waals surface area (Å²) in [5.74, 6) is 0.176. The van der Waals surface area contributed by atoms with E-state index in [0.717, 1.165) is 0 Å². The molecular weight excluding hydrogens is 142 g/mol. The molecule has 0 radical (unpaired) electrons. The Labute approximate surface area is 60.6 Å². The van der Waals surface area contributed by atoms with Crippen LogP contribution in [0.4, 0.5) is 0 Å². The fraction of sp³-hybridized carbons (Fsp3) is 1.00. The summed E-state index contributed by atoms with van der Waals surface area (Å²) in [6, 6.07) is 0. The van der Waals surface area contributed by atoms with E-state index in [1.165, 1.54) is 0 Å². The van der Waals surface area contributed by atoms with E-state index in [0.29, 0.717) is 19.8 Å². The van der Waals surface area contributed by atoms with Crippen LogP contribution < -0.4 is 5.73 Å². The minimum atomic E-state index is -0.319. The maximum absolute atomic E-state index is 8.98. The smallest absolute Gasteiger partial charge is 0.0835 e. The summed E-state index contributed by atoms with van der Waals surface area (Å²) in [6.45, 7) is 1.61. The van der Waals surface area contributed by atoms with Gasteiger partial charge >= 0.3 is 0 Å². The molecule has 0 bridgehead atoms. The van der Waals surface area contributed by atoms with Gasteiger partial charge in [-0.1, -0.05) is 0 Å². The first-order valence-corrected chi connectivity index (χ1v) is 2.80. The molecule has 1 aliphatic rings. The topological polar surface area (TPSA) is 55.5 Å². The summed E-state index contributed by atoms with van der Waals surface area (Å²) >= 11 is 0. The van der Waals surface area contributed by atoms with E-state index in [2.05, 4.69) is 0 Å². The number of ether oxygens (including phenoxy) is 1. The van der Waals surface area contributed by atoms with Crippen molar-refractivity contribution in [1.29, 1.82) is 0 Å². The molecule has 0 spiro atoms. The van der Waals surface area contributed by atoms with Crippen LogP contribution in [-0.4, -0.2) is 31.0 Å². The summed E-state index contributed by atoms with van der Waals surface area (Å²) in [5.41, 5.74) is 5.28. The molecule has 0 aliphatic carbocycles. The predicted octanol–water partition coefficient (Wildman–Crippen LogP) is -0.626. The molecule has 0 aromatic heterocycles. The second-order valence-corrected chi connectivity index (χ2v) is 2.10. The molecule has 9 heavy (non-hydrogen) atoms. The van der Waals surface area contributed by atoms with Gasteiger partial charge in [-0.25, -0.2) is 0 Å². The Morgan fingerprint density at radius 3 is 2.44 bits per heavy atom. The number of hydrogen-bond acceptors (Lipinski definition) is 3. The Morgan fingerprint density at radius 2 is 2.22 bits per heavy atom. The van der Waals surface area contributed by atoms with Gasteiger partial charge in [-0.15, -0.1) is 12.4 Å². The van der Waals surface area contributed by atoms with Crippen molar-refractivity contribution in [2.45, 2.75) is 6.10 Å². The summed E-state index contributed by atoms with van der Waals surface area (Å²) in [7, 11) is 0. The highest BCUT2D eigenvalue weighted by atomic mass is 35.5. The van der Waals surface area contributed by atoms with Gasteiger partial charge in [0.1, 0.15) is 0 Å². The number of halogens is 1. The lowest BCUT2D eigenvalue weighted by atomic mass is 10.1. The van der Waals surface area contributed by atoms with Crippen molar-refractivity contribution >= 4 is 12.4 Å². The molecule has 0 saturated carbocycles. The predicted molar refractivity (Wildman–Crippen MR) is 36.6 cm³/mol. The Balaban J connectivity index is 0.000000640. The van der Waals surface area contributed by atoms with Crippen LogP contribution in [0, 0.1) is 5.92 Å². The molecule has 1 aliphatic heterocycles. The summed E-state index contributed by atoms with van der Waals surface area (Å²) in [6.07, 6.45) is -0.319. The lowest BCUT2D eigenvalue weighted by Crippen LogP contribution is -2.25. The third-order valence-electron chi connectivity index (χ3n) is 1.47. The molecule has 2 atom stereocenters. The van der Waals surface area contributed by atoms with Crippen molar-refractivity contribution in [3.05, 3.63) is 0 Å². The summed E-state index contributed by atoms with van der Waals surface area (Å²) in [5, 5.41) is 8.98. The first-order valence-electron chi connectivity index (χ1n) is 2.80. The highest BCUT2D eigenvalue weighted by Gasteiger charge is 2.23. The van der Waals surface area contributed by atoms with E-state index in [-0.39, 0.29) is 24.4 Å². The average molecular weight is 154 g/mol. The highest BCUT2D eigenvalue weighted by molar-refractivity contribution is 5.85. The van der Waals surface area contributed by atoms with E-state index < -0.39 is 0 Å². The molecule has 56 valence electrons. The van der Waals surface area contributed by atoms with E-state index in [4.69, 9.17) is 15.6 Å². The number of hydrogen-bond donors (Lipinski definition) is 2. The Morgan fingerprint density at radius 1 is 1.56 bits per heavy atom. The van der Waals surface area contributed by atoms with Gasteiger partial charge in [0.2, 0.25) is 0 Å². The maximum Gasteiger partial charge on any atom is 0.0835 e. The van der Waals surface area contributed by atoms with Gasteiger partial charge in [-0.3, -0.25) is 0 Å². The van der Waals surface area contributed by atoms with Crippen LogP contribution in [0.15, 0.2) is 0 Å². The molecule has 1 rings (SSSR count). The van der Waals surface area contributed by atoms with Gasteiger partial charge in [-0.05, 0) is 6.54 Å². The largest absolute Gasteiger partial charge is 0.390 e. The van der Waals surface area contributed by atoms with Crippen LogP contribution in [0.25, 0.3) is 0 Å². The fourth-order valence-corrected chi connectivity index (χ4v) is 0.812. The molecular formula is C5H12ClNO2. The molecule has 0 aromatic rings. The van der Waals surface area contributed by atoms with E-state index in [1.807, 2.05) is 0 Å². The molecule has 1 fully saturated rings. The maximum atomic E-state index is 8.98. The van der Waals surface area contributed by atoms with Crippen molar-refractivity contribution in [3.8, 4) is 0 Å². The lowest BCUT2D eigenvalue weighted by Gasteiger charge is -2.06. The third kappa shape index (κ3) is 2.10. The standard InChI is InChI=1S/C5H11NO2.ClH/c6-1-4-2-8-3-5(4)7;/h4-5,7H,1-3,6H2;1H/t4-,5-;/m1./s1. The van der Waals surface area contributed by atoms with Crippen LogP contribution >= 0.6 is 12.4 Å². The molecule has 0 amide bonds. The fourth-order valence-electron chi connectivity index (χ4n) is 0.812. The van der Waals surface area contributed by atoms with E-state index in [9.17, 15) is 0 Å². The number of aliphatic hydroxyl groups excluding tert-OH is 1. The van der Waals surface area contributed by atoms with E-state index in [1.54, 1.807) is 0 Å². The molecule has 1 heterocycles. The van der Waals surface area contributed by atoms with Gasteiger partial charge in [0.15, 0.2) is 0 Å². The quantitative estimate of drug-likeness (QED) is 0.528. The monoisotopic (exact) mass is 153 g/mol. The average Bonchev–Trinajstić information content (AvgIpc) is 2.14. The van der Waals surface area contributed by atoms with Crippen molar-refractivity contribution in [2.24, 2.45) is 11.7 Å². The first-order chi connectivity index (χ1) is 3.84. The number of aliphatic hydroxyl groups is 1. The molecule has 1 saturated heterocycles. The normalized spacial score (nSPS) is 34.0. The number of nitrogens with two attached hydrogens (primary N) is 1. The lowest BCUT2D eigenvalue weighted by molar-refractivity contribution is 0.119. The minimum absolute atomic E-state index is 0. The van der Waals surface area contributed by atoms with Gasteiger partial charge in [0, 0.05) is 5.92 Å². The summed E-state index contributed by atoms with van der Waals surface area (Å²) < 4.78 is 4.93. The molecule has 4 heteroatoms. The van der Waals surface area contributed by atoms with Crippen molar-refractivity contribution in [1.82, 2.24) is 0 Å². The zero-order chi connectivity index (χ0) is 5.98. The Hall–Kier alpha value is 0.170. The second-order valence-electron chi connectivity index (χ2n) is 2.10. The van der Waals surface area contributed by atoms with Crippen molar-refractivity contribution in [2.75, 3.05) is 19.8 Å². The van der Waals surface area contributed by atoms with Gasteiger partial charge < -0.3 is 15.6 Å². The van der Waals surface area contributed by atoms with Gasteiger partial charge in [0.05, 0.1) is 19.3 Å². The molecule has 0 unspecified atom stereocenters. The zero-order valence-corrected chi connectivity index (χ0v) is 5.93.